The lowest BCUT2D eigenvalue weighted by atomic mass is 9.99. The Labute approximate surface area is 118 Å². The molecule has 114 valence electrons. The van der Waals surface area contributed by atoms with E-state index in [1.165, 1.54) is 5.56 Å². The van der Waals surface area contributed by atoms with Crippen LogP contribution in [0.4, 0.5) is 13.2 Å². The van der Waals surface area contributed by atoms with Gasteiger partial charge in [0, 0.05) is 6.04 Å². The van der Waals surface area contributed by atoms with Crippen molar-refractivity contribution in [1.82, 2.24) is 5.32 Å². The van der Waals surface area contributed by atoms with Crippen LogP contribution >= 0.6 is 0 Å². The quantitative estimate of drug-likeness (QED) is 0.829. The highest BCUT2D eigenvalue weighted by atomic mass is 19.4. The predicted molar refractivity (Wildman–Crippen MR) is 74.0 cm³/mol. The molecule has 1 aromatic rings. The van der Waals surface area contributed by atoms with Gasteiger partial charge in [-0.2, -0.15) is 13.2 Å². The third-order valence-electron chi connectivity index (χ3n) is 3.12. The van der Waals surface area contributed by atoms with Gasteiger partial charge in [-0.25, -0.2) is 0 Å². The number of likely N-dealkylation sites (N-methyl/N-ethyl adjacent to an activating group) is 1. The van der Waals surface area contributed by atoms with Gasteiger partial charge >= 0.3 is 6.18 Å². The van der Waals surface area contributed by atoms with Crippen LogP contribution in [0.25, 0.3) is 0 Å². The number of rotatable bonds is 7. The number of halogens is 3. The SMILES string of the molecule is CNC(COCC(F)(F)F)Cc1ccc(C(C)C)cc1. The highest BCUT2D eigenvalue weighted by Crippen LogP contribution is 2.16. The average Bonchev–Trinajstić information content (AvgIpc) is 2.36. The first-order chi connectivity index (χ1) is 9.31. The molecule has 0 saturated heterocycles. The van der Waals surface area contributed by atoms with Crippen molar-refractivity contribution < 1.29 is 17.9 Å². The lowest BCUT2D eigenvalue weighted by Crippen LogP contribution is -2.34. The number of benzene rings is 1. The fourth-order valence-electron chi connectivity index (χ4n) is 1.88. The summed E-state index contributed by atoms with van der Waals surface area (Å²) in [6.07, 6.45) is -3.62. The van der Waals surface area contributed by atoms with E-state index in [0.29, 0.717) is 12.3 Å². The fraction of sp³-hybridized carbons (Fsp3) is 0.600. The second-order valence-electron chi connectivity index (χ2n) is 5.22. The van der Waals surface area contributed by atoms with Gasteiger partial charge < -0.3 is 10.1 Å². The number of hydrogen-bond donors (Lipinski definition) is 1. The number of alkyl halides is 3. The molecule has 0 aliphatic carbocycles. The van der Waals surface area contributed by atoms with Gasteiger partial charge in [0.15, 0.2) is 0 Å². The van der Waals surface area contributed by atoms with Crippen molar-refractivity contribution >= 4 is 0 Å². The van der Waals surface area contributed by atoms with Gasteiger partial charge in [-0.05, 0) is 30.5 Å². The zero-order chi connectivity index (χ0) is 15.2. The summed E-state index contributed by atoms with van der Waals surface area (Å²) in [5.41, 5.74) is 2.34. The summed E-state index contributed by atoms with van der Waals surface area (Å²) in [5.74, 6) is 0.472. The van der Waals surface area contributed by atoms with Gasteiger partial charge in [-0.15, -0.1) is 0 Å². The van der Waals surface area contributed by atoms with E-state index < -0.39 is 12.8 Å². The number of ether oxygens (including phenoxy) is 1. The molecule has 0 amide bonds. The normalized spacial score (nSPS) is 13.8. The van der Waals surface area contributed by atoms with E-state index >= 15 is 0 Å². The van der Waals surface area contributed by atoms with E-state index in [2.05, 4.69) is 31.3 Å². The lowest BCUT2D eigenvalue weighted by molar-refractivity contribution is -0.175. The molecule has 1 rings (SSSR count). The Kier molecular flexibility index (Phi) is 6.49. The topological polar surface area (TPSA) is 21.3 Å². The van der Waals surface area contributed by atoms with Gasteiger partial charge in [-0.1, -0.05) is 38.1 Å². The minimum Gasteiger partial charge on any atom is -0.370 e. The summed E-state index contributed by atoms with van der Waals surface area (Å²) >= 11 is 0. The molecule has 1 N–H and O–H groups in total. The molecule has 0 aliphatic heterocycles. The Morgan fingerprint density at radius 3 is 2.20 bits per heavy atom. The fourth-order valence-corrected chi connectivity index (χ4v) is 1.88. The van der Waals surface area contributed by atoms with E-state index in [0.717, 1.165) is 5.56 Å². The van der Waals surface area contributed by atoms with Crippen molar-refractivity contribution in [2.24, 2.45) is 0 Å². The largest absolute Gasteiger partial charge is 0.411 e. The number of nitrogens with one attached hydrogen (secondary N) is 1. The molecule has 0 bridgehead atoms. The van der Waals surface area contributed by atoms with E-state index in [4.69, 9.17) is 4.74 Å². The van der Waals surface area contributed by atoms with Crippen LogP contribution in [0.5, 0.6) is 0 Å². The Bertz CT molecular complexity index is 387. The highest BCUT2D eigenvalue weighted by Gasteiger charge is 2.27. The first-order valence-electron chi connectivity index (χ1n) is 6.72. The molecule has 0 fully saturated rings. The maximum atomic E-state index is 12.0. The smallest absolute Gasteiger partial charge is 0.370 e. The molecule has 0 spiro atoms. The maximum Gasteiger partial charge on any atom is 0.411 e. The molecule has 5 heteroatoms. The molecule has 0 heterocycles. The molecule has 20 heavy (non-hydrogen) atoms. The summed E-state index contributed by atoms with van der Waals surface area (Å²) in [6.45, 7) is 3.09. The van der Waals surface area contributed by atoms with Crippen molar-refractivity contribution in [3.05, 3.63) is 35.4 Å². The van der Waals surface area contributed by atoms with Crippen LogP contribution in [0.1, 0.15) is 30.9 Å². The van der Waals surface area contributed by atoms with Crippen LogP contribution in [0, 0.1) is 0 Å². The van der Waals surface area contributed by atoms with Crippen molar-refractivity contribution in [2.75, 3.05) is 20.3 Å². The molecule has 0 aromatic heterocycles. The van der Waals surface area contributed by atoms with Crippen LogP contribution in [0.15, 0.2) is 24.3 Å². The van der Waals surface area contributed by atoms with Gasteiger partial charge in [0.1, 0.15) is 6.61 Å². The van der Waals surface area contributed by atoms with E-state index in [1.807, 2.05) is 12.1 Å². The summed E-state index contributed by atoms with van der Waals surface area (Å²) in [5, 5.41) is 2.98. The third kappa shape index (κ3) is 6.39. The summed E-state index contributed by atoms with van der Waals surface area (Å²) in [6, 6.07) is 8.03. The average molecular weight is 289 g/mol. The Hall–Kier alpha value is -1.07. The van der Waals surface area contributed by atoms with E-state index in [1.54, 1.807) is 7.05 Å². The Morgan fingerprint density at radius 2 is 1.75 bits per heavy atom. The van der Waals surface area contributed by atoms with Crippen molar-refractivity contribution in [2.45, 2.75) is 38.4 Å². The molecule has 1 aromatic carbocycles. The second kappa shape index (κ2) is 7.64. The lowest BCUT2D eigenvalue weighted by Gasteiger charge is -2.17. The highest BCUT2D eigenvalue weighted by molar-refractivity contribution is 5.25. The first-order valence-corrected chi connectivity index (χ1v) is 6.72. The van der Waals surface area contributed by atoms with Gasteiger partial charge in [0.05, 0.1) is 6.61 Å². The van der Waals surface area contributed by atoms with E-state index in [9.17, 15) is 13.2 Å². The molecule has 2 nitrogen and oxygen atoms in total. The van der Waals surface area contributed by atoms with Crippen LogP contribution in [0.3, 0.4) is 0 Å². The zero-order valence-electron chi connectivity index (χ0n) is 12.1. The molecule has 0 saturated carbocycles. The molecule has 0 radical (unpaired) electrons. The number of hydrogen-bond acceptors (Lipinski definition) is 2. The monoisotopic (exact) mass is 289 g/mol. The van der Waals surface area contributed by atoms with Gasteiger partial charge in [0.2, 0.25) is 0 Å². The molecular formula is C15H22F3NO. The molecule has 1 atom stereocenters. The Morgan fingerprint density at radius 1 is 1.15 bits per heavy atom. The van der Waals surface area contributed by atoms with Crippen LogP contribution in [-0.4, -0.2) is 32.5 Å². The maximum absolute atomic E-state index is 12.0. The van der Waals surface area contributed by atoms with Crippen LogP contribution < -0.4 is 5.32 Å². The van der Waals surface area contributed by atoms with Crippen LogP contribution in [-0.2, 0) is 11.2 Å². The van der Waals surface area contributed by atoms with Gasteiger partial charge in [-0.3, -0.25) is 0 Å². The minimum absolute atomic E-state index is 0.0436. The second-order valence-corrected chi connectivity index (χ2v) is 5.22. The van der Waals surface area contributed by atoms with E-state index in [-0.39, 0.29) is 12.6 Å². The van der Waals surface area contributed by atoms with Crippen molar-refractivity contribution in [1.29, 1.82) is 0 Å². The van der Waals surface area contributed by atoms with Crippen LogP contribution in [0.2, 0.25) is 0 Å². The van der Waals surface area contributed by atoms with Crippen molar-refractivity contribution in [3.8, 4) is 0 Å². The Balaban J connectivity index is 2.47. The minimum atomic E-state index is -4.27. The summed E-state index contributed by atoms with van der Waals surface area (Å²) in [7, 11) is 1.73. The predicted octanol–water partition coefficient (Wildman–Crippen LogP) is 3.52. The van der Waals surface area contributed by atoms with Crippen molar-refractivity contribution in [3.63, 3.8) is 0 Å². The molecule has 1 unspecified atom stereocenters. The summed E-state index contributed by atoms with van der Waals surface area (Å²) in [4.78, 5) is 0. The zero-order valence-corrected chi connectivity index (χ0v) is 12.1. The summed E-state index contributed by atoms with van der Waals surface area (Å²) < 4.78 is 40.7. The molecular weight excluding hydrogens is 267 g/mol. The first kappa shape index (κ1) is 17.0. The third-order valence-corrected chi connectivity index (χ3v) is 3.12. The van der Waals surface area contributed by atoms with Gasteiger partial charge in [0.25, 0.3) is 0 Å². The molecule has 0 aliphatic rings. The standard InChI is InChI=1S/C15H22F3NO/c1-11(2)13-6-4-12(5-7-13)8-14(19-3)9-20-10-15(16,17)18/h4-7,11,14,19H,8-10H2,1-3H3.